The van der Waals surface area contributed by atoms with E-state index in [2.05, 4.69) is 41.3 Å². The maximum Gasteiger partial charge on any atom is 0.194 e. The van der Waals surface area contributed by atoms with Crippen LogP contribution in [0.4, 0.5) is 0 Å². The van der Waals surface area contributed by atoms with Crippen molar-refractivity contribution in [3.63, 3.8) is 0 Å². The molecule has 0 amide bonds. The lowest BCUT2D eigenvalue weighted by molar-refractivity contribution is 0.474. The number of thiazole rings is 1. The van der Waals surface area contributed by atoms with Crippen molar-refractivity contribution in [3.8, 4) is 0 Å². The molecule has 0 bridgehead atoms. The van der Waals surface area contributed by atoms with Crippen molar-refractivity contribution in [1.82, 2.24) is 15.2 Å². The van der Waals surface area contributed by atoms with E-state index in [0.717, 1.165) is 42.7 Å². The molecule has 0 atom stereocenters. The molecule has 0 radical (unpaired) electrons. The lowest BCUT2D eigenvalue weighted by Crippen LogP contribution is -2.40. The summed E-state index contributed by atoms with van der Waals surface area (Å²) in [7, 11) is 2.07. The third-order valence-corrected chi connectivity index (χ3v) is 5.15. The number of aryl methyl sites for hydroxylation is 1. The Morgan fingerprint density at radius 3 is 2.74 bits per heavy atom. The molecule has 3 rings (SSSR count). The Labute approximate surface area is 164 Å². The monoisotopic (exact) mass is 382 g/mol. The van der Waals surface area contributed by atoms with Gasteiger partial charge in [-0.25, -0.2) is 9.98 Å². The van der Waals surface area contributed by atoms with Crippen molar-refractivity contribution in [2.24, 2.45) is 4.99 Å². The number of aliphatic imine (C=N–C) groups is 1. The van der Waals surface area contributed by atoms with Crippen molar-refractivity contribution in [1.29, 1.82) is 0 Å². The summed E-state index contributed by atoms with van der Waals surface area (Å²) in [6, 6.07) is 14.2. The maximum atomic E-state index is 5.41. The fourth-order valence-electron chi connectivity index (χ4n) is 2.70. The number of likely N-dealkylation sites (N-methyl/N-ethyl adjacent to an activating group) is 1. The average Bonchev–Trinajstić information content (AvgIpc) is 3.35. The van der Waals surface area contributed by atoms with Crippen LogP contribution < -0.4 is 5.32 Å². The molecule has 0 aliphatic rings. The van der Waals surface area contributed by atoms with Crippen molar-refractivity contribution in [2.45, 2.75) is 26.3 Å². The van der Waals surface area contributed by atoms with Gasteiger partial charge in [0, 0.05) is 44.1 Å². The summed E-state index contributed by atoms with van der Waals surface area (Å²) in [5.41, 5.74) is 1.20. The van der Waals surface area contributed by atoms with Crippen LogP contribution in [0.25, 0.3) is 0 Å². The normalized spacial score (nSPS) is 11.6. The summed E-state index contributed by atoms with van der Waals surface area (Å²) in [5, 5.41) is 4.63. The minimum Gasteiger partial charge on any atom is -0.469 e. The molecule has 5 nitrogen and oxygen atoms in total. The Kier molecular flexibility index (Phi) is 7.04. The van der Waals surface area contributed by atoms with Crippen LogP contribution in [-0.4, -0.2) is 36.0 Å². The van der Waals surface area contributed by atoms with Gasteiger partial charge in [-0.05, 0) is 24.6 Å². The summed E-state index contributed by atoms with van der Waals surface area (Å²) in [6.45, 7) is 4.40. The van der Waals surface area contributed by atoms with Crippen molar-refractivity contribution < 1.29 is 4.42 Å². The van der Waals surface area contributed by atoms with E-state index in [1.807, 2.05) is 36.5 Å². The molecule has 0 spiro atoms. The molecular weight excluding hydrogens is 356 g/mol. The molecule has 27 heavy (non-hydrogen) atoms. The van der Waals surface area contributed by atoms with Crippen LogP contribution in [-0.2, 0) is 19.4 Å². The number of rotatable bonds is 8. The third-order valence-electron chi connectivity index (χ3n) is 4.18. The van der Waals surface area contributed by atoms with Crippen molar-refractivity contribution in [2.75, 3.05) is 20.1 Å². The minimum atomic E-state index is 0.657. The predicted molar refractivity (Wildman–Crippen MR) is 111 cm³/mol. The summed E-state index contributed by atoms with van der Waals surface area (Å²) < 4.78 is 5.41. The first-order valence-electron chi connectivity index (χ1n) is 9.18. The second-order valence-electron chi connectivity index (χ2n) is 6.42. The highest BCUT2D eigenvalue weighted by molar-refractivity contribution is 7.11. The van der Waals surface area contributed by atoms with E-state index in [1.165, 1.54) is 10.4 Å². The van der Waals surface area contributed by atoms with Gasteiger partial charge in [0.05, 0.1) is 17.8 Å². The summed E-state index contributed by atoms with van der Waals surface area (Å²) in [6.07, 6.45) is 5.39. The zero-order valence-electron chi connectivity index (χ0n) is 15.9. The van der Waals surface area contributed by atoms with Crippen LogP contribution in [0.3, 0.4) is 0 Å². The minimum absolute atomic E-state index is 0.657. The largest absolute Gasteiger partial charge is 0.469 e. The quantitative estimate of drug-likeness (QED) is 0.474. The van der Waals surface area contributed by atoms with Gasteiger partial charge in [-0.15, -0.1) is 11.3 Å². The molecule has 1 N–H and O–H groups in total. The van der Waals surface area contributed by atoms with Gasteiger partial charge in [0.25, 0.3) is 0 Å². The van der Waals surface area contributed by atoms with Crippen LogP contribution in [0.1, 0.15) is 21.2 Å². The second-order valence-corrected chi connectivity index (χ2v) is 7.74. The van der Waals surface area contributed by atoms with Gasteiger partial charge < -0.3 is 14.6 Å². The Bertz CT molecular complexity index is 827. The molecule has 3 aromatic rings. The standard InChI is InChI=1S/C21H26N4OS/c1-17-15-23-20(27-17)11-13-25(2)21(22-12-10-19-9-6-14-26-19)24-16-18-7-4-3-5-8-18/h3-9,14-15H,10-13,16H2,1-2H3,(H,22,24). The van der Waals surface area contributed by atoms with Crippen molar-refractivity contribution >= 4 is 17.3 Å². The maximum absolute atomic E-state index is 5.41. The first kappa shape index (κ1) is 19.2. The Balaban J connectivity index is 1.59. The van der Waals surface area contributed by atoms with E-state index in [1.54, 1.807) is 17.6 Å². The smallest absolute Gasteiger partial charge is 0.194 e. The van der Waals surface area contributed by atoms with E-state index in [-0.39, 0.29) is 0 Å². The van der Waals surface area contributed by atoms with Crippen LogP contribution in [0.2, 0.25) is 0 Å². The first-order chi connectivity index (χ1) is 13.2. The molecule has 0 unspecified atom stereocenters. The highest BCUT2D eigenvalue weighted by Gasteiger charge is 2.09. The molecule has 1 aromatic carbocycles. The van der Waals surface area contributed by atoms with Gasteiger partial charge in [0.1, 0.15) is 5.76 Å². The van der Waals surface area contributed by atoms with Crippen molar-refractivity contribution in [3.05, 3.63) is 76.1 Å². The molecule has 0 aliphatic heterocycles. The van der Waals surface area contributed by atoms with Gasteiger partial charge in [-0.3, -0.25) is 0 Å². The van der Waals surface area contributed by atoms with E-state index in [9.17, 15) is 0 Å². The van der Waals surface area contributed by atoms with E-state index < -0.39 is 0 Å². The number of guanidine groups is 1. The Morgan fingerprint density at radius 2 is 2.04 bits per heavy atom. The topological polar surface area (TPSA) is 53.7 Å². The number of hydrogen-bond acceptors (Lipinski definition) is 4. The lowest BCUT2D eigenvalue weighted by Gasteiger charge is -2.22. The average molecular weight is 383 g/mol. The number of aromatic nitrogens is 1. The van der Waals surface area contributed by atoms with E-state index >= 15 is 0 Å². The molecule has 0 aliphatic carbocycles. The van der Waals surface area contributed by atoms with E-state index in [0.29, 0.717) is 6.54 Å². The van der Waals surface area contributed by atoms with E-state index in [4.69, 9.17) is 9.41 Å². The van der Waals surface area contributed by atoms with Gasteiger partial charge in [-0.1, -0.05) is 30.3 Å². The zero-order chi connectivity index (χ0) is 18.9. The van der Waals surface area contributed by atoms with Crippen LogP contribution in [0.5, 0.6) is 0 Å². The fraction of sp³-hybridized carbons (Fsp3) is 0.333. The first-order valence-corrected chi connectivity index (χ1v) is 9.99. The molecule has 0 saturated heterocycles. The Morgan fingerprint density at radius 1 is 1.19 bits per heavy atom. The third kappa shape index (κ3) is 6.25. The SMILES string of the molecule is Cc1cnc(CCN(C)C(=NCc2ccccc2)NCCc2ccco2)s1. The fourth-order valence-corrected chi connectivity index (χ4v) is 3.48. The summed E-state index contributed by atoms with van der Waals surface area (Å²) in [4.78, 5) is 12.7. The molecule has 2 aromatic heterocycles. The number of nitrogens with one attached hydrogen (secondary N) is 1. The molecule has 6 heteroatoms. The summed E-state index contributed by atoms with van der Waals surface area (Å²) in [5.74, 6) is 1.88. The number of hydrogen-bond donors (Lipinski definition) is 1. The van der Waals surface area contributed by atoms with Crippen LogP contribution >= 0.6 is 11.3 Å². The van der Waals surface area contributed by atoms with Crippen LogP contribution in [0, 0.1) is 6.92 Å². The molecule has 2 heterocycles. The number of nitrogens with zero attached hydrogens (tertiary/aromatic N) is 3. The number of benzene rings is 1. The molecule has 0 fully saturated rings. The second kappa shape index (κ2) is 9.92. The summed E-state index contributed by atoms with van der Waals surface area (Å²) >= 11 is 1.76. The predicted octanol–water partition coefficient (Wildman–Crippen LogP) is 3.91. The van der Waals surface area contributed by atoms with Crippen LogP contribution in [0.15, 0.2) is 64.3 Å². The Hall–Kier alpha value is -2.60. The van der Waals surface area contributed by atoms with Gasteiger partial charge in [0.2, 0.25) is 0 Å². The van der Waals surface area contributed by atoms with Gasteiger partial charge >= 0.3 is 0 Å². The molecule has 142 valence electrons. The van der Waals surface area contributed by atoms with Gasteiger partial charge in [-0.2, -0.15) is 0 Å². The molecule has 0 saturated carbocycles. The number of furan rings is 1. The zero-order valence-corrected chi connectivity index (χ0v) is 16.7. The highest BCUT2D eigenvalue weighted by atomic mass is 32.1. The highest BCUT2D eigenvalue weighted by Crippen LogP contribution is 2.12. The lowest BCUT2D eigenvalue weighted by atomic mass is 10.2. The van der Waals surface area contributed by atoms with Gasteiger partial charge in [0.15, 0.2) is 5.96 Å². The molecular formula is C21H26N4OS.